The van der Waals surface area contributed by atoms with Crippen molar-refractivity contribution in [1.82, 2.24) is 9.55 Å². The van der Waals surface area contributed by atoms with Crippen LogP contribution in [-0.4, -0.2) is 58.9 Å². The molecule has 1 aliphatic rings. The summed E-state index contributed by atoms with van der Waals surface area (Å²) in [5, 5.41) is 2.22. The largest absolute Gasteiger partial charge is 0.463 e. The molecule has 0 radical (unpaired) electrons. The molecule has 0 aromatic carbocycles. The molecule has 31 heavy (non-hydrogen) atoms. The van der Waals surface area contributed by atoms with Crippen LogP contribution in [0, 0.1) is 0 Å². The Hall–Kier alpha value is -3.09. The minimum Gasteiger partial charge on any atom is -0.463 e. The summed E-state index contributed by atoms with van der Waals surface area (Å²) >= 11 is 0. The van der Waals surface area contributed by atoms with Gasteiger partial charge in [0.1, 0.15) is 18.5 Å². The maximum Gasteiger partial charge on any atom is 0.412 e. The molecule has 1 saturated heterocycles. The van der Waals surface area contributed by atoms with E-state index in [4.69, 9.17) is 14.2 Å². The Kier molecular flexibility index (Phi) is 8.02. The molecule has 1 fully saturated rings. The Bertz CT molecular complexity index is 876. The molecule has 1 aromatic heterocycles. The van der Waals surface area contributed by atoms with Crippen LogP contribution in [0.3, 0.4) is 0 Å². The van der Waals surface area contributed by atoms with Crippen LogP contribution in [0.15, 0.2) is 17.1 Å². The fourth-order valence-electron chi connectivity index (χ4n) is 2.74. The van der Waals surface area contributed by atoms with E-state index in [0.29, 0.717) is 11.0 Å². The summed E-state index contributed by atoms with van der Waals surface area (Å²) < 4.78 is 49.8. The van der Waals surface area contributed by atoms with Gasteiger partial charge in [0.25, 0.3) is 0 Å². The number of nitrogens with one attached hydrogen (secondary N) is 1. The van der Waals surface area contributed by atoms with Gasteiger partial charge in [-0.1, -0.05) is 13.3 Å². The molecule has 3 atom stereocenters. The van der Waals surface area contributed by atoms with Crippen LogP contribution in [0.5, 0.6) is 0 Å². The number of esters is 2. The molecule has 1 aromatic rings. The second-order valence-electron chi connectivity index (χ2n) is 6.65. The van der Waals surface area contributed by atoms with Crippen molar-refractivity contribution >= 4 is 23.8 Å². The van der Waals surface area contributed by atoms with Crippen LogP contribution in [0.1, 0.15) is 39.8 Å². The van der Waals surface area contributed by atoms with Gasteiger partial charge in [-0.3, -0.25) is 19.5 Å². The number of alkyl halides is 2. The molecule has 1 aliphatic heterocycles. The van der Waals surface area contributed by atoms with Gasteiger partial charge in [0.15, 0.2) is 6.10 Å². The SMILES string of the molecule is CCCCOC(=O)Nc1ccn(C2OC(COC(C)=O)C(OC(C)=O)C2(F)F)c(=O)n1. The van der Waals surface area contributed by atoms with Crippen molar-refractivity contribution in [2.45, 2.75) is 58.0 Å². The predicted octanol–water partition coefficient (Wildman–Crippen LogP) is 1.62. The van der Waals surface area contributed by atoms with E-state index in [-0.39, 0.29) is 12.4 Å². The Morgan fingerprint density at radius 2 is 1.97 bits per heavy atom. The molecule has 3 unspecified atom stereocenters. The first-order chi connectivity index (χ1) is 14.6. The van der Waals surface area contributed by atoms with Crippen molar-refractivity contribution in [2.24, 2.45) is 0 Å². The fourth-order valence-corrected chi connectivity index (χ4v) is 2.74. The third-order valence-corrected chi connectivity index (χ3v) is 4.14. The lowest BCUT2D eigenvalue weighted by Gasteiger charge is -2.23. The van der Waals surface area contributed by atoms with E-state index in [9.17, 15) is 28.0 Å². The van der Waals surface area contributed by atoms with Crippen molar-refractivity contribution in [3.63, 3.8) is 0 Å². The van der Waals surface area contributed by atoms with Crippen molar-refractivity contribution in [3.05, 3.63) is 22.7 Å². The second kappa shape index (κ2) is 10.3. The Morgan fingerprint density at radius 3 is 2.55 bits per heavy atom. The minimum absolute atomic E-state index is 0.169. The van der Waals surface area contributed by atoms with Crippen LogP contribution in [-0.2, 0) is 28.5 Å². The average molecular weight is 447 g/mol. The summed E-state index contributed by atoms with van der Waals surface area (Å²) in [6.45, 7) is 3.46. The molecule has 1 N–H and O–H groups in total. The number of halogens is 2. The lowest BCUT2D eigenvalue weighted by atomic mass is 10.1. The molecular weight excluding hydrogens is 424 g/mol. The number of amides is 1. The summed E-state index contributed by atoms with van der Waals surface area (Å²) in [7, 11) is 0. The first kappa shape index (κ1) is 24.2. The number of hydrogen-bond acceptors (Lipinski definition) is 9. The van der Waals surface area contributed by atoms with E-state index < -0.39 is 54.7 Å². The average Bonchev–Trinajstić information content (AvgIpc) is 2.90. The van der Waals surface area contributed by atoms with Crippen molar-refractivity contribution < 1.29 is 42.1 Å². The standard InChI is InChI=1S/C18H23F2N3O8/c1-4-5-8-28-17(27)22-13-6-7-23(16(26)21-13)15-18(19,20)14(30-11(3)25)12(31-15)9-29-10(2)24/h6-7,12,14-15H,4-5,8-9H2,1-3H3,(H,21,22,26,27). The van der Waals surface area contributed by atoms with E-state index in [1.165, 1.54) is 0 Å². The van der Waals surface area contributed by atoms with Gasteiger partial charge in [-0.15, -0.1) is 0 Å². The molecule has 2 heterocycles. The van der Waals surface area contributed by atoms with Gasteiger partial charge in [0.05, 0.1) is 6.61 Å². The van der Waals surface area contributed by atoms with Gasteiger partial charge in [0, 0.05) is 20.0 Å². The maximum atomic E-state index is 14.9. The molecule has 1 amide bonds. The molecule has 172 valence electrons. The Balaban J connectivity index is 2.21. The quantitative estimate of drug-likeness (QED) is 0.358. The number of hydrogen-bond donors (Lipinski definition) is 1. The summed E-state index contributed by atoms with van der Waals surface area (Å²) in [4.78, 5) is 49.8. The highest BCUT2D eigenvalue weighted by molar-refractivity contribution is 5.83. The number of rotatable bonds is 8. The van der Waals surface area contributed by atoms with Crippen LogP contribution < -0.4 is 11.0 Å². The van der Waals surface area contributed by atoms with Crippen molar-refractivity contribution in [2.75, 3.05) is 18.5 Å². The number of nitrogens with zero attached hydrogens (tertiary/aromatic N) is 2. The fraction of sp³-hybridized carbons (Fsp3) is 0.611. The third kappa shape index (κ3) is 6.20. The van der Waals surface area contributed by atoms with E-state index in [1.54, 1.807) is 0 Å². The molecule has 11 nitrogen and oxygen atoms in total. The summed E-state index contributed by atoms with van der Waals surface area (Å²) in [6.07, 6.45) is -4.27. The molecule has 0 saturated carbocycles. The summed E-state index contributed by atoms with van der Waals surface area (Å²) in [5.41, 5.74) is -1.16. The highest BCUT2D eigenvalue weighted by Crippen LogP contribution is 2.44. The monoisotopic (exact) mass is 447 g/mol. The highest BCUT2D eigenvalue weighted by Gasteiger charge is 2.62. The van der Waals surface area contributed by atoms with Crippen molar-refractivity contribution in [3.8, 4) is 0 Å². The van der Waals surface area contributed by atoms with Gasteiger partial charge in [-0.2, -0.15) is 13.8 Å². The van der Waals surface area contributed by atoms with Crippen LogP contribution in [0.2, 0.25) is 0 Å². The van der Waals surface area contributed by atoms with E-state index in [2.05, 4.69) is 15.0 Å². The van der Waals surface area contributed by atoms with E-state index in [1.807, 2.05) is 6.92 Å². The number of carbonyl (C=O) groups excluding carboxylic acids is 3. The molecule has 0 aliphatic carbocycles. The zero-order valence-electron chi connectivity index (χ0n) is 17.1. The first-order valence-electron chi connectivity index (χ1n) is 9.43. The maximum absolute atomic E-state index is 14.9. The smallest absolute Gasteiger partial charge is 0.412 e. The zero-order chi connectivity index (χ0) is 23.2. The van der Waals surface area contributed by atoms with E-state index in [0.717, 1.165) is 32.5 Å². The molecule has 2 rings (SSSR count). The number of unbranched alkanes of at least 4 members (excludes halogenated alkanes) is 1. The summed E-state index contributed by atoms with van der Waals surface area (Å²) in [5.74, 6) is -5.82. The highest BCUT2D eigenvalue weighted by atomic mass is 19.3. The molecular formula is C18H23F2N3O8. The van der Waals surface area contributed by atoms with Gasteiger partial charge in [-0.05, 0) is 12.5 Å². The molecule has 13 heteroatoms. The number of ether oxygens (including phenoxy) is 4. The lowest BCUT2D eigenvalue weighted by Crippen LogP contribution is -2.44. The first-order valence-corrected chi connectivity index (χ1v) is 9.43. The zero-order valence-corrected chi connectivity index (χ0v) is 17.1. The number of aromatic nitrogens is 2. The number of carbonyl (C=O) groups is 3. The number of anilines is 1. The predicted molar refractivity (Wildman–Crippen MR) is 99.4 cm³/mol. The molecule has 0 bridgehead atoms. The third-order valence-electron chi connectivity index (χ3n) is 4.14. The van der Waals surface area contributed by atoms with Gasteiger partial charge in [0.2, 0.25) is 6.23 Å². The van der Waals surface area contributed by atoms with Gasteiger partial charge in [-0.25, -0.2) is 9.59 Å². The minimum atomic E-state index is -3.85. The van der Waals surface area contributed by atoms with Gasteiger partial charge < -0.3 is 18.9 Å². The Morgan fingerprint density at radius 1 is 1.26 bits per heavy atom. The van der Waals surface area contributed by atoms with Crippen LogP contribution in [0.4, 0.5) is 19.4 Å². The normalized spacial score (nSPS) is 21.9. The van der Waals surface area contributed by atoms with Gasteiger partial charge >= 0.3 is 29.6 Å². The lowest BCUT2D eigenvalue weighted by molar-refractivity contribution is -0.174. The molecule has 0 spiro atoms. The van der Waals surface area contributed by atoms with Crippen LogP contribution in [0.25, 0.3) is 0 Å². The summed E-state index contributed by atoms with van der Waals surface area (Å²) in [6, 6.07) is 1.10. The second-order valence-corrected chi connectivity index (χ2v) is 6.65. The topological polar surface area (TPSA) is 135 Å². The van der Waals surface area contributed by atoms with Crippen LogP contribution >= 0.6 is 0 Å². The van der Waals surface area contributed by atoms with Crippen molar-refractivity contribution in [1.29, 1.82) is 0 Å². The Labute approximate surface area is 175 Å². The van der Waals surface area contributed by atoms with E-state index >= 15 is 0 Å².